The van der Waals surface area contributed by atoms with Gasteiger partial charge in [-0.2, -0.15) is 0 Å². The number of carbonyl (C=O) groups excluding carboxylic acids is 2. The van der Waals surface area contributed by atoms with Crippen LogP contribution in [0.15, 0.2) is 48.5 Å². The molecule has 0 unspecified atom stereocenters. The second kappa shape index (κ2) is 7.55. The number of carbonyl (C=O) groups is 2. The molecule has 0 fully saturated rings. The van der Waals surface area contributed by atoms with Crippen LogP contribution in [-0.2, 0) is 4.79 Å². The normalized spacial score (nSPS) is 10.5. The van der Waals surface area contributed by atoms with Gasteiger partial charge in [0, 0.05) is 15.8 Å². The lowest BCUT2D eigenvalue weighted by Crippen LogP contribution is -2.44. The highest BCUT2D eigenvalue weighted by atomic mass is 35.5. The lowest BCUT2D eigenvalue weighted by atomic mass is 10.2. The van der Waals surface area contributed by atoms with Crippen molar-refractivity contribution in [1.29, 1.82) is 0 Å². The predicted octanol–water partition coefficient (Wildman–Crippen LogP) is 3.74. The topological polar surface area (TPSA) is 70.2 Å². The minimum atomic E-state index is -0.435. The molecule has 0 atom stereocenters. The highest BCUT2D eigenvalue weighted by Crippen LogP contribution is 2.34. The maximum atomic E-state index is 12.2. The van der Waals surface area contributed by atoms with Crippen LogP contribution in [-0.4, -0.2) is 18.4 Å². The number of amides is 2. The fraction of sp³-hybridized carbons (Fsp3) is 0.111. The zero-order valence-corrected chi connectivity index (χ0v) is 15.0. The van der Waals surface area contributed by atoms with Crippen LogP contribution < -0.4 is 16.2 Å². The third-order valence-electron chi connectivity index (χ3n) is 3.56. The smallest absolute Gasteiger partial charge is 0.281 e. The van der Waals surface area contributed by atoms with E-state index < -0.39 is 5.91 Å². The maximum absolute atomic E-state index is 12.2. The van der Waals surface area contributed by atoms with Gasteiger partial charge >= 0.3 is 0 Å². The molecule has 0 saturated carbocycles. The molecule has 0 aliphatic carbocycles. The van der Waals surface area contributed by atoms with Crippen molar-refractivity contribution in [2.45, 2.75) is 6.92 Å². The molecule has 7 heteroatoms. The van der Waals surface area contributed by atoms with Crippen molar-refractivity contribution in [3.8, 4) is 0 Å². The molecule has 0 aliphatic heterocycles. The van der Waals surface area contributed by atoms with E-state index in [1.54, 1.807) is 0 Å². The van der Waals surface area contributed by atoms with E-state index in [9.17, 15) is 9.59 Å². The lowest BCUT2D eigenvalue weighted by molar-refractivity contribution is -0.120. The SMILES string of the molecule is Cc1ccc(NCC(=O)NNC(=O)c2sc3ccccc3c2Cl)cc1. The van der Waals surface area contributed by atoms with Gasteiger partial charge in [0.15, 0.2) is 0 Å². The Morgan fingerprint density at radius 3 is 2.48 bits per heavy atom. The van der Waals surface area contributed by atoms with Crippen molar-refractivity contribution in [2.24, 2.45) is 0 Å². The van der Waals surface area contributed by atoms with Gasteiger partial charge in [-0.05, 0) is 25.1 Å². The van der Waals surface area contributed by atoms with Gasteiger partial charge in [0.2, 0.25) is 0 Å². The molecule has 0 saturated heterocycles. The van der Waals surface area contributed by atoms with Crippen LogP contribution in [0.2, 0.25) is 5.02 Å². The molecule has 25 heavy (non-hydrogen) atoms. The molecule has 1 heterocycles. The summed E-state index contributed by atoms with van der Waals surface area (Å²) in [6, 6.07) is 15.2. The fourth-order valence-corrected chi connectivity index (χ4v) is 3.65. The van der Waals surface area contributed by atoms with Gasteiger partial charge in [0.1, 0.15) is 4.88 Å². The minimum Gasteiger partial charge on any atom is -0.376 e. The van der Waals surface area contributed by atoms with E-state index in [1.807, 2.05) is 55.5 Å². The van der Waals surface area contributed by atoms with Crippen LogP contribution in [0.5, 0.6) is 0 Å². The van der Waals surface area contributed by atoms with Crippen molar-refractivity contribution in [3.63, 3.8) is 0 Å². The van der Waals surface area contributed by atoms with E-state index in [0.717, 1.165) is 21.3 Å². The molecular formula is C18H16ClN3O2S. The summed E-state index contributed by atoms with van der Waals surface area (Å²) in [7, 11) is 0. The fourth-order valence-electron chi connectivity index (χ4n) is 2.24. The Morgan fingerprint density at radius 1 is 1.04 bits per heavy atom. The Kier molecular flexibility index (Phi) is 5.21. The van der Waals surface area contributed by atoms with Crippen molar-refractivity contribution in [3.05, 3.63) is 64.0 Å². The van der Waals surface area contributed by atoms with Crippen LogP contribution in [0.4, 0.5) is 5.69 Å². The van der Waals surface area contributed by atoms with E-state index >= 15 is 0 Å². The number of thiophene rings is 1. The zero-order valence-electron chi connectivity index (χ0n) is 13.4. The zero-order chi connectivity index (χ0) is 17.8. The van der Waals surface area contributed by atoms with Crippen LogP contribution in [0, 0.1) is 6.92 Å². The van der Waals surface area contributed by atoms with Crippen LogP contribution in [0.25, 0.3) is 10.1 Å². The van der Waals surface area contributed by atoms with E-state index in [-0.39, 0.29) is 12.5 Å². The molecule has 2 amide bonds. The number of hydrogen-bond donors (Lipinski definition) is 3. The standard InChI is InChI=1S/C18H16ClN3O2S/c1-11-6-8-12(9-7-11)20-10-15(23)21-22-18(24)17-16(19)13-4-2-3-5-14(13)25-17/h2-9,20H,10H2,1H3,(H,21,23)(H,22,24). The second-order valence-electron chi connectivity index (χ2n) is 5.46. The first-order valence-corrected chi connectivity index (χ1v) is 8.81. The number of halogens is 1. The molecule has 0 radical (unpaired) electrons. The van der Waals surface area contributed by atoms with Crippen LogP contribution in [0.3, 0.4) is 0 Å². The molecule has 3 rings (SSSR count). The number of aryl methyl sites for hydroxylation is 1. The Bertz CT molecular complexity index is 922. The van der Waals surface area contributed by atoms with Gasteiger partial charge in [0.05, 0.1) is 11.6 Å². The number of fused-ring (bicyclic) bond motifs is 1. The summed E-state index contributed by atoms with van der Waals surface area (Å²) in [5.74, 6) is -0.791. The van der Waals surface area contributed by atoms with E-state index in [0.29, 0.717) is 9.90 Å². The Balaban J connectivity index is 1.55. The summed E-state index contributed by atoms with van der Waals surface area (Å²) in [5, 5.41) is 4.20. The Morgan fingerprint density at radius 2 is 1.76 bits per heavy atom. The predicted molar refractivity (Wildman–Crippen MR) is 102 cm³/mol. The largest absolute Gasteiger partial charge is 0.376 e. The summed E-state index contributed by atoms with van der Waals surface area (Å²) in [6.45, 7) is 2.04. The summed E-state index contributed by atoms with van der Waals surface area (Å²) in [5.41, 5.74) is 6.75. The van der Waals surface area contributed by atoms with Crippen LogP contribution in [0.1, 0.15) is 15.2 Å². The number of hydrazine groups is 1. The summed E-state index contributed by atoms with van der Waals surface area (Å²) < 4.78 is 0.921. The average Bonchev–Trinajstić information content (AvgIpc) is 2.96. The number of rotatable bonds is 4. The lowest BCUT2D eigenvalue weighted by Gasteiger charge is -2.09. The summed E-state index contributed by atoms with van der Waals surface area (Å²) in [6.07, 6.45) is 0. The highest BCUT2D eigenvalue weighted by molar-refractivity contribution is 7.21. The second-order valence-corrected chi connectivity index (χ2v) is 6.89. The molecule has 128 valence electrons. The van der Waals surface area contributed by atoms with E-state index in [2.05, 4.69) is 16.2 Å². The Hall–Kier alpha value is -2.57. The molecule has 0 bridgehead atoms. The monoisotopic (exact) mass is 373 g/mol. The van der Waals surface area contributed by atoms with Gasteiger partial charge in [-0.25, -0.2) is 0 Å². The number of anilines is 1. The molecule has 1 aromatic heterocycles. The van der Waals surface area contributed by atoms with Gasteiger partial charge in [-0.15, -0.1) is 11.3 Å². The average molecular weight is 374 g/mol. The number of benzene rings is 2. The molecule has 3 N–H and O–H groups in total. The van der Waals surface area contributed by atoms with Crippen molar-refractivity contribution in [1.82, 2.24) is 10.9 Å². The molecule has 0 spiro atoms. The van der Waals surface area contributed by atoms with E-state index in [1.165, 1.54) is 11.3 Å². The summed E-state index contributed by atoms with van der Waals surface area (Å²) >= 11 is 7.53. The third-order valence-corrected chi connectivity index (χ3v) is 5.24. The van der Waals surface area contributed by atoms with Gasteiger partial charge < -0.3 is 5.32 Å². The van der Waals surface area contributed by atoms with Gasteiger partial charge in [-0.3, -0.25) is 20.4 Å². The highest BCUT2D eigenvalue weighted by Gasteiger charge is 2.17. The molecule has 5 nitrogen and oxygen atoms in total. The summed E-state index contributed by atoms with van der Waals surface area (Å²) in [4.78, 5) is 24.5. The first-order valence-electron chi connectivity index (χ1n) is 7.61. The third kappa shape index (κ3) is 4.10. The molecule has 3 aromatic rings. The quantitative estimate of drug-likeness (QED) is 0.610. The minimum absolute atomic E-state index is 0.0451. The van der Waals surface area contributed by atoms with Crippen molar-refractivity contribution in [2.75, 3.05) is 11.9 Å². The van der Waals surface area contributed by atoms with E-state index in [4.69, 9.17) is 11.6 Å². The first kappa shape index (κ1) is 17.3. The number of hydrogen-bond acceptors (Lipinski definition) is 4. The maximum Gasteiger partial charge on any atom is 0.281 e. The molecule has 2 aromatic carbocycles. The first-order chi connectivity index (χ1) is 12.0. The van der Waals surface area contributed by atoms with Gasteiger partial charge in [-0.1, -0.05) is 47.5 Å². The van der Waals surface area contributed by atoms with Crippen molar-refractivity contribution < 1.29 is 9.59 Å². The number of nitrogens with one attached hydrogen (secondary N) is 3. The molecule has 0 aliphatic rings. The molecular weight excluding hydrogens is 358 g/mol. The van der Waals surface area contributed by atoms with Gasteiger partial charge in [0.25, 0.3) is 11.8 Å². The van der Waals surface area contributed by atoms with Crippen LogP contribution >= 0.6 is 22.9 Å². The Labute approximate surface area is 154 Å². The van der Waals surface area contributed by atoms with Crippen molar-refractivity contribution >= 4 is 50.5 Å².